The minimum Gasteiger partial charge on any atom is -0.326 e. The number of aromatic nitrogens is 2. The number of carbonyl (C=O) groups is 1. The van der Waals surface area contributed by atoms with Crippen molar-refractivity contribution in [1.29, 1.82) is 0 Å². The van der Waals surface area contributed by atoms with Crippen molar-refractivity contribution in [3.05, 3.63) is 48.3 Å². The van der Waals surface area contributed by atoms with Crippen molar-refractivity contribution in [2.75, 3.05) is 11.2 Å². The molecule has 5 heteroatoms. The first-order chi connectivity index (χ1) is 9.28. The summed E-state index contributed by atoms with van der Waals surface area (Å²) in [6.07, 6.45) is 4.80. The second-order valence-electron chi connectivity index (χ2n) is 4.24. The van der Waals surface area contributed by atoms with E-state index in [1.165, 1.54) is 0 Å². The highest BCUT2D eigenvalue weighted by molar-refractivity contribution is 6.18. The Morgan fingerprint density at radius 1 is 1.37 bits per heavy atom. The summed E-state index contributed by atoms with van der Waals surface area (Å²) in [5.74, 6) is 0.504. The minimum absolute atomic E-state index is 0.00288. The van der Waals surface area contributed by atoms with Crippen LogP contribution in [0.15, 0.2) is 42.7 Å². The van der Waals surface area contributed by atoms with Gasteiger partial charge in [-0.25, -0.2) is 0 Å². The third-order valence-electron chi connectivity index (χ3n) is 2.65. The van der Waals surface area contributed by atoms with Gasteiger partial charge in [0.1, 0.15) is 0 Å². The Morgan fingerprint density at radius 3 is 3.00 bits per heavy atom. The first kappa shape index (κ1) is 13.6. The summed E-state index contributed by atoms with van der Waals surface area (Å²) in [5.41, 5.74) is 1.91. The fourth-order valence-electron chi connectivity index (χ4n) is 1.78. The molecule has 0 radical (unpaired) electrons. The summed E-state index contributed by atoms with van der Waals surface area (Å²) in [6.45, 7) is 0.693. The van der Waals surface area contributed by atoms with E-state index in [9.17, 15) is 4.79 Å². The van der Waals surface area contributed by atoms with Gasteiger partial charge in [-0.3, -0.25) is 9.48 Å². The quantitative estimate of drug-likeness (QED) is 0.826. The van der Waals surface area contributed by atoms with Crippen LogP contribution in [-0.2, 0) is 11.3 Å². The molecule has 0 atom stereocenters. The minimum atomic E-state index is -0.00288. The third-order valence-corrected chi connectivity index (χ3v) is 2.92. The van der Waals surface area contributed by atoms with E-state index < -0.39 is 0 Å². The number of anilines is 1. The number of amides is 1. The molecule has 0 spiro atoms. The Kier molecular flexibility index (Phi) is 4.98. The zero-order valence-electron chi connectivity index (χ0n) is 10.6. The maximum Gasteiger partial charge on any atom is 0.224 e. The van der Waals surface area contributed by atoms with Crippen LogP contribution in [0.3, 0.4) is 0 Å². The molecule has 4 nitrogen and oxygen atoms in total. The average Bonchev–Trinajstić information content (AvgIpc) is 2.89. The molecule has 1 aromatic heterocycles. The van der Waals surface area contributed by atoms with Crippen LogP contribution in [0, 0.1) is 0 Å². The Bertz CT molecular complexity index is 525. The van der Waals surface area contributed by atoms with Crippen LogP contribution in [0.1, 0.15) is 18.4 Å². The number of rotatable bonds is 6. The lowest BCUT2D eigenvalue weighted by Crippen LogP contribution is -2.11. The van der Waals surface area contributed by atoms with Gasteiger partial charge < -0.3 is 5.32 Å². The molecule has 1 N–H and O–H groups in total. The number of hydrogen-bond acceptors (Lipinski definition) is 2. The molecule has 100 valence electrons. The van der Waals surface area contributed by atoms with E-state index in [0.29, 0.717) is 25.3 Å². The Hall–Kier alpha value is -1.81. The maximum atomic E-state index is 11.6. The van der Waals surface area contributed by atoms with Crippen LogP contribution in [0.2, 0.25) is 0 Å². The summed E-state index contributed by atoms with van der Waals surface area (Å²) < 4.78 is 1.84. The van der Waals surface area contributed by atoms with Gasteiger partial charge in [0, 0.05) is 30.4 Å². The summed E-state index contributed by atoms with van der Waals surface area (Å²) in [6, 6.07) is 9.66. The van der Waals surface area contributed by atoms with Crippen molar-refractivity contribution in [2.45, 2.75) is 19.4 Å². The Morgan fingerprint density at radius 2 is 2.26 bits per heavy atom. The van der Waals surface area contributed by atoms with E-state index in [2.05, 4.69) is 10.4 Å². The van der Waals surface area contributed by atoms with Crippen molar-refractivity contribution in [3.63, 3.8) is 0 Å². The number of alkyl halides is 1. The molecular formula is C14H16ClN3O. The Labute approximate surface area is 117 Å². The van der Waals surface area contributed by atoms with E-state index in [0.717, 1.165) is 11.3 Å². The van der Waals surface area contributed by atoms with E-state index >= 15 is 0 Å². The summed E-state index contributed by atoms with van der Waals surface area (Å²) >= 11 is 5.56. The van der Waals surface area contributed by atoms with E-state index in [-0.39, 0.29) is 5.91 Å². The maximum absolute atomic E-state index is 11.6. The molecule has 2 aromatic rings. The van der Waals surface area contributed by atoms with Gasteiger partial charge in [0.25, 0.3) is 0 Å². The lowest BCUT2D eigenvalue weighted by atomic mass is 10.2. The van der Waals surface area contributed by atoms with Crippen molar-refractivity contribution in [2.24, 2.45) is 0 Å². The van der Waals surface area contributed by atoms with Crippen LogP contribution in [0.25, 0.3) is 0 Å². The van der Waals surface area contributed by atoms with Gasteiger partial charge in [0.05, 0.1) is 6.54 Å². The molecule has 19 heavy (non-hydrogen) atoms. The zero-order chi connectivity index (χ0) is 13.5. The summed E-state index contributed by atoms with van der Waals surface area (Å²) in [7, 11) is 0. The van der Waals surface area contributed by atoms with Crippen molar-refractivity contribution in [3.8, 4) is 0 Å². The molecule has 1 heterocycles. The number of hydrogen-bond donors (Lipinski definition) is 1. The predicted octanol–water partition coefficient (Wildman–Crippen LogP) is 2.89. The van der Waals surface area contributed by atoms with Gasteiger partial charge in [-0.2, -0.15) is 5.10 Å². The van der Waals surface area contributed by atoms with Crippen LogP contribution in [0.4, 0.5) is 5.69 Å². The van der Waals surface area contributed by atoms with Crippen LogP contribution < -0.4 is 5.32 Å². The van der Waals surface area contributed by atoms with Crippen molar-refractivity contribution >= 4 is 23.2 Å². The normalized spacial score (nSPS) is 10.4. The lowest BCUT2D eigenvalue weighted by Gasteiger charge is -2.07. The van der Waals surface area contributed by atoms with Gasteiger partial charge in [0.2, 0.25) is 5.91 Å². The molecule has 0 saturated carbocycles. The van der Waals surface area contributed by atoms with Gasteiger partial charge in [-0.15, -0.1) is 11.6 Å². The zero-order valence-corrected chi connectivity index (χ0v) is 11.3. The highest BCUT2D eigenvalue weighted by Gasteiger charge is 2.03. The molecule has 0 bridgehead atoms. The predicted molar refractivity (Wildman–Crippen MR) is 76.4 cm³/mol. The smallest absolute Gasteiger partial charge is 0.224 e. The van der Waals surface area contributed by atoms with E-state index in [1.54, 1.807) is 6.20 Å². The first-order valence-electron chi connectivity index (χ1n) is 6.20. The van der Waals surface area contributed by atoms with E-state index in [4.69, 9.17) is 11.6 Å². The highest BCUT2D eigenvalue weighted by Crippen LogP contribution is 2.12. The fraction of sp³-hybridized carbons (Fsp3) is 0.286. The molecule has 0 fully saturated rings. The molecule has 0 unspecified atom stereocenters. The molecule has 0 saturated heterocycles. The fourth-order valence-corrected chi connectivity index (χ4v) is 1.91. The van der Waals surface area contributed by atoms with Gasteiger partial charge in [-0.05, 0) is 30.2 Å². The third kappa shape index (κ3) is 4.41. The molecule has 1 aromatic carbocycles. The molecular weight excluding hydrogens is 262 g/mol. The number of benzene rings is 1. The monoisotopic (exact) mass is 277 g/mol. The van der Waals surface area contributed by atoms with E-state index in [1.807, 2.05) is 41.2 Å². The number of nitrogens with zero attached hydrogens (tertiary/aromatic N) is 2. The van der Waals surface area contributed by atoms with Crippen LogP contribution in [-0.4, -0.2) is 21.6 Å². The van der Waals surface area contributed by atoms with Crippen molar-refractivity contribution in [1.82, 2.24) is 9.78 Å². The summed E-state index contributed by atoms with van der Waals surface area (Å²) in [4.78, 5) is 11.6. The standard InChI is InChI=1S/C14H16ClN3O/c15-7-2-6-14(19)17-13-5-1-4-12(10-13)11-18-9-3-8-16-18/h1,3-5,8-10H,2,6-7,11H2,(H,17,19). The molecule has 1 amide bonds. The number of nitrogens with one attached hydrogen (secondary N) is 1. The van der Waals surface area contributed by atoms with Crippen molar-refractivity contribution < 1.29 is 4.79 Å². The Balaban J connectivity index is 1.97. The van der Waals surface area contributed by atoms with Gasteiger partial charge >= 0.3 is 0 Å². The first-order valence-corrected chi connectivity index (χ1v) is 6.73. The lowest BCUT2D eigenvalue weighted by molar-refractivity contribution is -0.116. The second kappa shape index (κ2) is 6.95. The number of halogens is 1. The second-order valence-corrected chi connectivity index (χ2v) is 4.62. The van der Waals surface area contributed by atoms with Gasteiger partial charge in [0.15, 0.2) is 0 Å². The van der Waals surface area contributed by atoms with Crippen LogP contribution >= 0.6 is 11.6 Å². The average molecular weight is 278 g/mol. The molecule has 0 aliphatic rings. The van der Waals surface area contributed by atoms with Crippen LogP contribution in [0.5, 0.6) is 0 Å². The highest BCUT2D eigenvalue weighted by atomic mass is 35.5. The van der Waals surface area contributed by atoms with Gasteiger partial charge in [-0.1, -0.05) is 12.1 Å². The number of carbonyl (C=O) groups excluding carboxylic acids is 1. The summed E-state index contributed by atoms with van der Waals surface area (Å²) in [5, 5.41) is 7.03. The SMILES string of the molecule is O=C(CCCCl)Nc1cccc(Cn2cccn2)c1. The molecule has 0 aliphatic carbocycles. The largest absolute Gasteiger partial charge is 0.326 e. The molecule has 0 aliphatic heterocycles. The molecule has 2 rings (SSSR count). The topological polar surface area (TPSA) is 46.9 Å².